The normalized spacial score (nSPS) is 18.2. The molecule has 0 fully saturated rings. The van der Waals surface area contributed by atoms with E-state index in [0.717, 1.165) is 5.69 Å². The van der Waals surface area contributed by atoms with E-state index in [9.17, 15) is 0 Å². The van der Waals surface area contributed by atoms with Gasteiger partial charge in [-0.05, 0) is 31.0 Å². The lowest BCUT2D eigenvalue weighted by Gasteiger charge is -2.28. The van der Waals surface area contributed by atoms with Crippen LogP contribution in [-0.4, -0.2) is 12.5 Å². The number of anilines is 1. The zero-order valence-corrected chi connectivity index (χ0v) is 11.9. The summed E-state index contributed by atoms with van der Waals surface area (Å²) >= 11 is 0. The first kappa shape index (κ1) is 12.7. The Morgan fingerprint density at radius 2 is 1.75 bits per heavy atom. The topological polar surface area (TPSA) is 41.6 Å². The Labute approximate surface area is 119 Å². The molecule has 0 saturated carbocycles. The van der Waals surface area contributed by atoms with Crippen LogP contribution in [0.4, 0.5) is 5.69 Å². The van der Waals surface area contributed by atoms with Crippen molar-refractivity contribution in [2.24, 2.45) is 10.7 Å². The van der Waals surface area contributed by atoms with Gasteiger partial charge in [0.15, 0.2) is 5.96 Å². The highest BCUT2D eigenvalue weighted by Crippen LogP contribution is 2.32. The highest BCUT2D eigenvalue weighted by Gasteiger charge is 2.29. The van der Waals surface area contributed by atoms with E-state index < -0.39 is 0 Å². The van der Waals surface area contributed by atoms with Gasteiger partial charge < -0.3 is 10.6 Å². The van der Waals surface area contributed by atoms with Crippen LogP contribution in [0, 0.1) is 13.8 Å². The molecule has 0 bridgehead atoms. The number of para-hydroxylation sites is 1. The van der Waals surface area contributed by atoms with Gasteiger partial charge in [-0.1, -0.05) is 48.0 Å². The number of hydrogen-bond acceptors (Lipinski definition) is 3. The molecule has 2 aromatic rings. The molecule has 0 spiro atoms. The van der Waals surface area contributed by atoms with Gasteiger partial charge in [0.1, 0.15) is 0 Å². The van der Waals surface area contributed by atoms with Crippen molar-refractivity contribution in [3.05, 3.63) is 65.2 Å². The summed E-state index contributed by atoms with van der Waals surface area (Å²) in [5, 5.41) is 0. The van der Waals surface area contributed by atoms with Crippen molar-refractivity contribution in [2.45, 2.75) is 19.9 Å². The highest BCUT2D eigenvalue weighted by molar-refractivity contribution is 5.98. The minimum atomic E-state index is 0.191. The van der Waals surface area contributed by atoms with E-state index in [4.69, 9.17) is 5.73 Å². The number of aliphatic imine (C=N–C) groups is 1. The first-order chi connectivity index (χ1) is 9.66. The highest BCUT2D eigenvalue weighted by atomic mass is 15.3. The average molecular weight is 265 g/mol. The summed E-state index contributed by atoms with van der Waals surface area (Å²) in [7, 11) is 0. The van der Waals surface area contributed by atoms with Gasteiger partial charge in [0.25, 0.3) is 0 Å². The zero-order chi connectivity index (χ0) is 14.1. The van der Waals surface area contributed by atoms with Gasteiger partial charge in [0.05, 0.1) is 12.6 Å². The van der Waals surface area contributed by atoms with Crippen LogP contribution in [-0.2, 0) is 0 Å². The molecule has 0 aromatic heterocycles. The first-order valence-corrected chi connectivity index (χ1v) is 6.88. The Balaban J connectivity index is 2.01. The Morgan fingerprint density at radius 1 is 1.05 bits per heavy atom. The molecule has 102 valence electrons. The van der Waals surface area contributed by atoms with Gasteiger partial charge >= 0.3 is 0 Å². The van der Waals surface area contributed by atoms with Crippen molar-refractivity contribution >= 4 is 11.6 Å². The Kier molecular flexibility index (Phi) is 3.18. The molecule has 2 aromatic carbocycles. The standard InChI is InChI=1S/C17H19N3/c1-12-7-9-14(10-8-12)16-11-19-17(18)20(16)15-6-4-3-5-13(15)2/h3-10,16H,11H2,1-2H3,(H2,18,19). The predicted octanol–water partition coefficient (Wildman–Crippen LogP) is 3.18. The molecular weight excluding hydrogens is 246 g/mol. The van der Waals surface area contributed by atoms with Crippen LogP contribution < -0.4 is 10.6 Å². The lowest BCUT2D eigenvalue weighted by Crippen LogP contribution is -2.36. The van der Waals surface area contributed by atoms with Crippen molar-refractivity contribution in [3.63, 3.8) is 0 Å². The van der Waals surface area contributed by atoms with Crippen molar-refractivity contribution < 1.29 is 0 Å². The lowest BCUT2D eigenvalue weighted by atomic mass is 10.0. The van der Waals surface area contributed by atoms with Crippen LogP contribution in [0.15, 0.2) is 53.5 Å². The lowest BCUT2D eigenvalue weighted by molar-refractivity contribution is 0.766. The molecular formula is C17H19N3. The van der Waals surface area contributed by atoms with Crippen molar-refractivity contribution in [3.8, 4) is 0 Å². The average Bonchev–Trinajstić information content (AvgIpc) is 2.82. The fraction of sp³-hybridized carbons (Fsp3) is 0.235. The second kappa shape index (κ2) is 5.00. The minimum Gasteiger partial charge on any atom is -0.369 e. The van der Waals surface area contributed by atoms with E-state index in [1.54, 1.807) is 0 Å². The van der Waals surface area contributed by atoms with Gasteiger partial charge in [-0.15, -0.1) is 0 Å². The van der Waals surface area contributed by atoms with Gasteiger partial charge in [-0.25, -0.2) is 0 Å². The number of nitrogens with two attached hydrogens (primary N) is 1. The summed E-state index contributed by atoms with van der Waals surface area (Å²) < 4.78 is 0. The van der Waals surface area contributed by atoms with Gasteiger partial charge in [-0.3, -0.25) is 4.99 Å². The van der Waals surface area contributed by atoms with E-state index >= 15 is 0 Å². The van der Waals surface area contributed by atoms with Crippen molar-refractivity contribution in [2.75, 3.05) is 11.4 Å². The molecule has 3 rings (SSSR count). The second-order valence-electron chi connectivity index (χ2n) is 5.28. The summed E-state index contributed by atoms with van der Waals surface area (Å²) in [6.07, 6.45) is 0. The molecule has 3 nitrogen and oxygen atoms in total. The molecule has 0 amide bonds. The third-order valence-electron chi connectivity index (χ3n) is 3.82. The fourth-order valence-corrected chi connectivity index (χ4v) is 2.67. The number of benzene rings is 2. The van der Waals surface area contributed by atoms with Gasteiger partial charge in [0.2, 0.25) is 0 Å². The van der Waals surface area contributed by atoms with E-state index in [-0.39, 0.29) is 6.04 Å². The molecule has 1 aliphatic heterocycles. The van der Waals surface area contributed by atoms with E-state index in [2.05, 4.69) is 60.1 Å². The SMILES string of the molecule is Cc1ccc(C2CN=C(N)N2c2ccccc2C)cc1. The molecule has 1 heterocycles. The van der Waals surface area contributed by atoms with E-state index in [1.165, 1.54) is 16.7 Å². The molecule has 1 atom stereocenters. The molecule has 2 N–H and O–H groups in total. The smallest absolute Gasteiger partial charge is 0.196 e. The Hall–Kier alpha value is -2.29. The molecule has 0 saturated heterocycles. The zero-order valence-electron chi connectivity index (χ0n) is 11.9. The summed E-state index contributed by atoms with van der Waals surface area (Å²) in [6.45, 7) is 4.92. The van der Waals surface area contributed by atoms with Gasteiger partial charge in [0, 0.05) is 5.69 Å². The molecule has 3 heteroatoms. The quantitative estimate of drug-likeness (QED) is 0.906. The summed E-state index contributed by atoms with van der Waals surface area (Å²) in [4.78, 5) is 6.57. The minimum absolute atomic E-state index is 0.191. The van der Waals surface area contributed by atoms with Crippen molar-refractivity contribution in [1.29, 1.82) is 0 Å². The largest absolute Gasteiger partial charge is 0.369 e. The third kappa shape index (κ3) is 2.16. The monoisotopic (exact) mass is 265 g/mol. The van der Waals surface area contributed by atoms with Crippen LogP contribution in [0.1, 0.15) is 22.7 Å². The Morgan fingerprint density at radius 3 is 2.45 bits per heavy atom. The molecule has 1 aliphatic rings. The summed E-state index contributed by atoms with van der Waals surface area (Å²) in [5.74, 6) is 0.602. The summed E-state index contributed by atoms with van der Waals surface area (Å²) in [5.41, 5.74) is 11.0. The molecule has 0 aliphatic carbocycles. The van der Waals surface area contributed by atoms with Crippen LogP contribution in [0.25, 0.3) is 0 Å². The van der Waals surface area contributed by atoms with Crippen molar-refractivity contribution in [1.82, 2.24) is 0 Å². The number of aryl methyl sites for hydroxylation is 2. The number of nitrogens with zero attached hydrogens (tertiary/aromatic N) is 2. The molecule has 0 radical (unpaired) electrons. The number of hydrogen-bond donors (Lipinski definition) is 1. The Bertz CT molecular complexity index is 644. The van der Waals surface area contributed by atoms with E-state index in [0.29, 0.717) is 12.5 Å². The third-order valence-corrected chi connectivity index (χ3v) is 3.82. The fourth-order valence-electron chi connectivity index (χ4n) is 2.67. The first-order valence-electron chi connectivity index (χ1n) is 6.88. The van der Waals surface area contributed by atoms with Crippen LogP contribution >= 0.6 is 0 Å². The number of rotatable bonds is 2. The van der Waals surface area contributed by atoms with Crippen LogP contribution in [0.3, 0.4) is 0 Å². The van der Waals surface area contributed by atoms with Gasteiger partial charge in [-0.2, -0.15) is 0 Å². The molecule has 20 heavy (non-hydrogen) atoms. The maximum Gasteiger partial charge on any atom is 0.196 e. The predicted molar refractivity (Wildman–Crippen MR) is 84.1 cm³/mol. The number of guanidine groups is 1. The van der Waals surface area contributed by atoms with Crippen LogP contribution in [0.5, 0.6) is 0 Å². The summed E-state index contributed by atoms with van der Waals surface area (Å²) in [6, 6.07) is 17.1. The second-order valence-corrected chi connectivity index (χ2v) is 5.28. The molecule has 1 unspecified atom stereocenters. The maximum absolute atomic E-state index is 6.11. The van der Waals surface area contributed by atoms with Crippen LogP contribution in [0.2, 0.25) is 0 Å². The maximum atomic E-state index is 6.11. The van der Waals surface area contributed by atoms with E-state index in [1.807, 2.05) is 12.1 Å².